The fourth-order valence-electron chi connectivity index (χ4n) is 10.0. The average Bonchev–Trinajstić information content (AvgIpc) is 4.02. The minimum atomic E-state index is 1.10. The van der Waals surface area contributed by atoms with E-state index in [0.717, 1.165) is 17.1 Å². The van der Waals surface area contributed by atoms with E-state index in [1.54, 1.807) is 0 Å². The second-order valence-corrected chi connectivity index (χ2v) is 17.5. The fraction of sp³-hybridized carbons (Fsp3) is 0. The Kier molecular flexibility index (Phi) is 8.12. The van der Waals surface area contributed by atoms with Crippen molar-refractivity contribution in [1.82, 2.24) is 4.40 Å². The Labute approximate surface area is 369 Å². The molecule has 13 aromatic rings. The highest BCUT2D eigenvalue weighted by atomic mass is 32.1. The normalized spacial score (nSPS) is 11.8. The van der Waals surface area contributed by atoms with Crippen molar-refractivity contribution in [3.8, 4) is 44.5 Å². The van der Waals surface area contributed by atoms with E-state index in [2.05, 4.69) is 240 Å². The molecule has 0 radical (unpaired) electrons. The molecule has 3 heterocycles. The van der Waals surface area contributed by atoms with Gasteiger partial charge in [0.25, 0.3) is 0 Å². The molecule has 63 heavy (non-hydrogen) atoms. The standard InChI is InChI=1S/C60H38N2S/c1-3-14-39(15-4-1)41-26-31-45(32-27-41)61(46-33-28-42(29-34-46)40-16-5-2-6-17-40)55-23-10-7-18-47(55)43-30-35-50-54-37-44(48-21-13-22-52-51-20-9-12-25-58(51)63-60(48)52)36-53-49-19-8-11-24-56(49)62(59(53)54)57(50)38-43/h1-38H. The minimum absolute atomic E-state index is 1.10. The number of hydrogen-bond acceptors (Lipinski definition) is 2. The molecule has 0 spiro atoms. The van der Waals surface area contributed by atoms with E-state index in [9.17, 15) is 0 Å². The van der Waals surface area contributed by atoms with Crippen molar-refractivity contribution in [3.63, 3.8) is 0 Å². The zero-order chi connectivity index (χ0) is 41.4. The molecular formula is C60H38N2S. The molecule has 0 N–H and O–H groups in total. The van der Waals surface area contributed by atoms with Crippen LogP contribution in [0.2, 0.25) is 0 Å². The van der Waals surface area contributed by atoms with Crippen molar-refractivity contribution in [2.45, 2.75) is 0 Å². The Morgan fingerprint density at radius 2 is 0.841 bits per heavy atom. The van der Waals surface area contributed by atoms with Gasteiger partial charge >= 0.3 is 0 Å². The quantitative estimate of drug-likeness (QED) is 0.155. The second-order valence-electron chi connectivity index (χ2n) is 16.5. The van der Waals surface area contributed by atoms with Gasteiger partial charge in [0, 0.05) is 58.7 Å². The number of anilines is 3. The molecule has 0 saturated heterocycles. The Morgan fingerprint density at radius 3 is 1.54 bits per heavy atom. The number of benzene rings is 10. The summed E-state index contributed by atoms with van der Waals surface area (Å²) in [6.07, 6.45) is 0. The molecule has 0 aliphatic heterocycles. The lowest BCUT2D eigenvalue weighted by atomic mass is 9.97. The van der Waals surface area contributed by atoms with Crippen LogP contribution in [0.1, 0.15) is 0 Å². The molecule has 3 heteroatoms. The maximum absolute atomic E-state index is 2.51. The molecule has 10 aromatic carbocycles. The molecule has 0 fully saturated rings. The van der Waals surface area contributed by atoms with Crippen LogP contribution in [-0.4, -0.2) is 4.40 Å². The molecule has 0 aliphatic rings. The number of para-hydroxylation sites is 2. The topological polar surface area (TPSA) is 7.65 Å². The average molecular weight is 819 g/mol. The molecule has 3 aromatic heterocycles. The number of nitrogens with zero attached hydrogens (tertiary/aromatic N) is 2. The highest BCUT2D eigenvalue weighted by Gasteiger charge is 2.22. The molecule has 294 valence electrons. The summed E-state index contributed by atoms with van der Waals surface area (Å²) in [7, 11) is 0. The first-order chi connectivity index (χ1) is 31.2. The summed E-state index contributed by atoms with van der Waals surface area (Å²) in [5.41, 5.74) is 16.7. The van der Waals surface area contributed by atoms with Gasteiger partial charge in [0.15, 0.2) is 0 Å². The van der Waals surface area contributed by atoms with Gasteiger partial charge in [0.1, 0.15) is 0 Å². The summed E-state index contributed by atoms with van der Waals surface area (Å²) in [6, 6.07) is 84.5. The van der Waals surface area contributed by atoms with Gasteiger partial charge in [-0.15, -0.1) is 11.3 Å². The monoisotopic (exact) mass is 818 g/mol. The summed E-state index contributed by atoms with van der Waals surface area (Å²) in [6.45, 7) is 0. The lowest BCUT2D eigenvalue weighted by Gasteiger charge is -2.28. The van der Waals surface area contributed by atoms with E-state index in [1.165, 1.54) is 103 Å². The van der Waals surface area contributed by atoms with Crippen LogP contribution in [-0.2, 0) is 0 Å². The van der Waals surface area contributed by atoms with Crippen LogP contribution >= 0.6 is 11.3 Å². The van der Waals surface area contributed by atoms with Gasteiger partial charge in [-0.05, 0) is 99.6 Å². The maximum atomic E-state index is 2.51. The van der Waals surface area contributed by atoms with Crippen LogP contribution in [0.3, 0.4) is 0 Å². The third kappa shape index (κ3) is 5.71. The maximum Gasteiger partial charge on any atom is 0.0620 e. The van der Waals surface area contributed by atoms with Gasteiger partial charge in [0.05, 0.1) is 22.2 Å². The van der Waals surface area contributed by atoms with E-state index in [-0.39, 0.29) is 0 Å². The molecule has 0 bridgehead atoms. The van der Waals surface area contributed by atoms with Crippen LogP contribution in [0.15, 0.2) is 231 Å². The van der Waals surface area contributed by atoms with Crippen molar-refractivity contribution in [3.05, 3.63) is 231 Å². The zero-order valence-corrected chi connectivity index (χ0v) is 35.1. The first-order valence-electron chi connectivity index (χ1n) is 21.6. The van der Waals surface area contributed by atoms with Crippen molar-refractivity contribution >= 4 is 86.7 Å². The molecule has 13 rings (SSSR count). The Balaban J connectivity index is 0.995. The Bertz CT molecular complexity index is 3740. The molecule has 0 atom stereocenters. The summed E-state index contributed by atoms with van der Waals surface area (Å²) in [4.78, 5) is 2.41. The first kappa shape index (κ1) is 35.7. The fourth-order valence-corrected chi connectivity index (χ4v) is 11.2. The Morgan fingerprint density at radius 1 is 0.317 bits per heavy atom. The van der Waals surface area contributed by atoms with Gasteiger partial charge < -0.3 is 9.30 Å². The largest absolute Gasteiger partial charge is 0.310 e. The predicted molar refractivity (Wildman–Crippen MR) is 270 cm³/mol. The van der Waals surface area contributed by atoms with E-state index in [4.69, 9.17) is 0 Å². The lowest BCUT2D eigenvalue weighted by molar-refractivity contribution is 1.28. The van der Waals surface area contributed by atoms with E-state index < -0.39 is 0 Å². The van der Waals surface area contributed by atoms with Crippen LogP contribution in [0.4, 0.5) is 17.1 Å². The SMILES string of the molecule is c1ccc(-c2ccc(N(c3ccc(-c4ccccc4)cc3)c3ccccc3-c3ccc4c5cc(-c6cccc7c6sc6ccccc67)cc6c7ccccc7n(c4c3)c65)cc2)cc1. The number of fused-ring (bicyclic) bond motifs is 9. The predicted octanol–water partition coefficient (Wildman–Crippen LogP) is 17.3. The summed E-state index contributed by atoms with van der Waals surface area (Å²) >= 11 is 1.90. The smallest absolute Gasteiger partial charge is 0.0620 e. The molecule has 2 nitrogen and oxygen atoms in total. The van der Waals surface area contributed by atoms with E-state index >= 15 is 0 Å². The summed E-state index contributed by atoms with van der Waals surface area (Å²) in [5.74, 6) is 0. The highest BCUT2D eigenvalue weighted by molar-refractivity contribution is 7.26. The molecular weight excluding hydrogens is 781 g/mol. The second kappa shape index (κ2) is 14.3. The van der Waals surface area contributed by atoms with Gasteiger partial charge in [-0.25, -0.2) is 0 Å². The number of aromatic nitrogens is 1. The first-order valence-corrected chi connectivity index (χ1v) is 22.4. The highest BCUT2D eigenvalue weighted by Crippen LogP contribution is 2.47. The van der Waals surface area contributed by atoms with Crippen LogP contribution in [0.25, 0.3) is 103 Å². The third-order valence-corrected chi connectivity index (χ3v) is 14.2. The van der Waals surface area contributed by atoms with Crippen molar-refractivity contribution < 1.29 is 0 Å². The zero-order valence-electron chi connectivity index (χ0n) is 34.2. The van der Waals surface area contributed by atoms with Crippen molar-refractivity contribution in [2.75, 3.05) is 4.90 Å². The molecule has 0 saturated carbocycles. The molecule has 0 amide bonds. The third-order valence-electron chi connectivity index (χ3n) is 12.9. The van der Waals surface area contributed by atoms with Crippen molar-refractivity contribution in [2.24, 2.45) is 0 Å². The van der Waals surface area contributed by atoms with E-state index in [0.29, 0.717) is 0 Å². The van der Waals surface area contributed by atoms with Crippen LogP contribution in [0.5, 0.6) is 0 Å². The molecule has 0 unspecified atom stereocenters. The lowest BCUT2D eigenvalue weighted by Crippen LogP contribution is -2.11. The van der Waals surface area contributed by atoms with E-state index in [1.807, 2.05) is 11.3 Å². The number of thiophene rings is 1. The Hall–Kier alpha value is -7.98. The van der Waals surface area contributed by atoms with Gasteiger partial charge in [-0.3, -0.25) is 0 Å². The van der Waals surface area contributed by atoms with Crippen LogP contribution in [0, 0.1) is 0 Å². The number of hydrogen-bond donors (Lipinski definition) is 0. The van der Waals surface area contributed by atoms with Gasteiger partial charge in [-0.2, -0.15) is 0 Å². The number of rotatable bonds is 7. The summed E-state index contributed by atoms with van der Waals surface area (Å²) in [5, 5.41) is 7.76. The minimum Gasteiger partial charge on any atom is -0.310 e. The van der Waals surface area contributed by atoms with Crippen LogP contribution < -0.4 is 4.90 Å². The van der Waals surface area contributed by atoms with Gasteiger partial charge in [0.2, 0.25) is 0 Å². The van der Waals surface area contributed by atoms with Crippen molar-refractivity contribution in [1.29, 1.82) is 0 Å². The summed E-state index contributed by atoms with van der Waals surface area (Å²) < 4.78 is 5.17. The van der Waals surface area contributed by atoms with Gasteiger partial charge in [-0.1, -0.05) is 170 Å². The molecule has 0 aliphatic carbocycles.